The molecule has 0 atom stereocenters. The Morgan fingerprint density at radius 1 is 1.85 bits per heavy atom. The third-order valence-corrected chi connectivity index (χ3v) is 1.77. The van der Waals surface area contributed by atoms with E-state index in [9.17, 15) is 9.59 Å². The largest absolute Gasteiger partial charge is 0.311 e. The first-order valence-electron chi connectivity index (χ1n) is 3.56. The van der Waals surface area contributed by atoms with Gasteiger partial charge in [0.15, 0.2) is 0 Å². The molecule has 0 saturated carbocycles. The van der Waals surface area contributed by atoms with Crippen molar-refractivity contribution < 1.29 is 9.59 Å². The zero-order chi connectivity index (χ0) is 9.84. The first-order valence-corrected chi connectivity index (χ1v) is 4.36. The minimum Gasteiger partial charge on any atom is -0.311 e. The lowest BCUT2D eigenvalue weighted by Gasteiger charge is -2.01. The number of rotatable bonds is 3. The molecule has 1 amide bonds. The molecule has 70 valence electrons. The molecule has 1 N–H and O–H groups in total. The molecule has 0 unspecified atom stereocenters. The summed E-state index contributed by atoms with van der Waals surface area (Å²) in [5.41, 5.74) is 0. The molecule has 1 rings (SSSR count). The van der Waals surface area contributed by atoms with E-state index in [4.69, 9.17) is 0 Å². The Hall–Kier alpha value is -1.17. The number of nitrogens with one attached hydrogen (secondary N) is 1. The van der Waals surface area contributed by atoms with Gasteiger partial charge in [0.05, 0.1) is 6.42 Å². The Labute approximate surface area is 83.2 Å². The van der Waals surface area contributed by atoms with Gasteiger partial charge in [-0.15, -0.1) is 0 Å². The molecule has 1 aromatic rings. The minimum absolute atomic E-state index is 0.136. The Kier molecular flexibility index (Phi) is 3.18. The van der Waals surface area contributed by atoms with E-state index in [1.54, 1.807) is 13.1 Å². The van der Waals surface area contributed by atoms with Gasteiger partial charge in [-0.25, -0.2) is 0 Å². The fourth-order valence-electron chi connectivity index (χ4n) is 0.819. The average Bonchev–Trinajstić information content (AvgIpc) is 2.30. The first kappa shape index (κ1) is 9.91. The second-order valence-corrected chi connectivity index (χ2v) is 3.21. The Balaban J connectivity index is 2.68. The number of carbonyl (C=O) groups is 2. The van der Waals surface area contributed by atoms with Gasteiger partial charge >= 0.3 is 0 Å². The van der Waals surface area contributed by atoms with Gasteiger partial charge in [-0.1, -0.05) is 0 Å². The molecule has 0 aromatic carbocycles. The highest BCUT2D eigenvalue weighted by molar-refractivity contribution is 9.10. The molecule has 0 spiro atoms. The molecule has 1 aromatic heterocycles. The fourth-order valence-corrected chi connectivity index (χ4v) is 1.27. The van der Waals surface area contributed by atoms with Gasteiger partial charge in [-0.05, 0) is 15.9 Å². The van der Waals surface area contributed by atoms with Crippen LogP contribution in [0.25, 0.3) is 0 Å². The molecule has 0 radical (unpaired) electrons. The minimum atomic E-state index is -0.342. The normalized spacial score (nSPS) is 9.69. The van der Waals surface area contributed by atoms with Crippen LogP contribution in [0.2, 0.25) is 0 Å². The summed E-state index contributed by atoms with van der Waals surface area (Å²) in [6.07, 6.45) is 0.420. The molecule has 0 fully saturated rings. The Bertz CT molecular complexity index is 334. The number of aryl methyl sites for hydroxylation is 1. The maximum Gasteiger partial charge on any atom is 0.232 e. The maximum absolute atomic E-state index is 11.0. The molecule has 5 nitrogen and oxygen atoms in total. The topological polar surface area (TPSA) is 64.0 Å². The molecule has 0 bridgehead atoms. The number of anilines is 1. The lowest BCUT2D eigenvalue weighted by Crippen LogP contribution is -2.14. The smallest absolute Gasteiger partial charge is 0.232 e. The van der Waals surface area contributed by atoms with Crippen molar-refractivity contribution in [1.29, 1.82) is 0 Å². The van der Waals surface area contributed by atoms with Crippen LogP contribution in [0, 0.1) is 0 Å². The number of nitrogens with zero attached hydrogens (tertiary/aromatic N) is 2. The Morgan fingerprint density at radius 3 is 3.00 bits per heavy atom. The van der Waals surface area contributed by atoms with Gasteiger partial charge in [-0.3, -0.25) is 9.48 Å². The van der Waals surface area contributed by atoms with Crippen molar-refractivity contribution in [3.63, 3.8) is 0 Å². The summed E-state index contributed by atoms with van der Waals surface area (Å²) in [5, 5.41) is 6.49. The van der Waals surface area contributed by atoms with Gasteiger partial charge in [0.1, 0.15) is 16.7 Å². The van der Waals surface area contributed by atoms with E-state index in [1.165, 1.54) is 4.68 Å². The van der Waals surface area contributed by atoms with E-state index in [0.29, 0.717) is 16.7 Å². The van der Waals surface area contributed by atoms with Gasteiger partial charge in [0.2, 0.25) is 5.91 Å². The van der Waals surface area contributed by atoms with Crippen LogP contribution in [0.1, 0.15) is 6.42 Å². The third-order valence-electron chi connectivity index (χ3n) is 1.39. The predicted octanol–water partition coefficient (Wildman–Crippen LogP) is 0.710. The number of halogens is 1. The summed E-state index contributed by atoms with van der Waals surface area (Å²) in [5.74, 6) is 0.212. The summed E-state index contributed by atoms with van der Waals surface area (Å²) in [7, 11) is 1.70. The SMILES string of the molecule is Cn1nc(Br)cc1NC(=O)CC=O. The van der Waals surface area contributed by atoms with Crippen LogP contribution in [-0.2, 0) is 16.6 Å². The van der Waals surface area contributed by atoms with Crippen LogP contribution in [-0.4, -0.2) is 22.0 Å². The van der Waals surface area contributed by atoms with Crippen LogP contribution >= 0.6 is 15.9 Å². The summed E-state index contributed by atoms with van der Waals surface area (Å²) < 4.78 is 2.14. The van der Waals surface area contributed by atoms with Crippen molar-refractivity contribution >= 4 is 33.9 Å². The number of hydrogen-bond acceptors (Lipinski definition) is 3. The highest BCUT2D eigenvalue weighted by Crippen LogP contribution is 2.13. The molecular weight excluding hydrogens is 238 g/mol. The molecule has 0 aliphatic heterocycles. The van der Waals surface area contributed by atoms with Crippen molar-refractivity contribution in [2.45, 2.75) is 6.42 Å². The van der Waals surface area contributed by atoms with Gasteiger partial charge in [0, 0.05) is 13.1 Å². The first-order chi connectivity index (χ1) is 6.13. The maximum atomic E-state index is 11.0. The lowest BCUT2D eigenvalue weighted by molar-refractivity contribution is -0.120. The molecule has 0 aliphatic carbocycles. The quantitative estimate of drug-likeness (QED) is 0.631. The highest BCUT2D eigenvalue weighted by atomic mass is 79.9. The molecule has 0 aliphatic rings. The predicted molar refractivity (Wildman–Crippen MR) is 50.2 cm³/mol. The molecule has 13 heavy (non-hydrogen) atoms. The van der Waals surface area contributed by atoms with Crippen molar-refractivity contribution in [3.8, 4) is 0 Å². The molecule has 0 saturated heterocycles. The van der Waals surface area contributed by atoms with Crippen LogP contribution < -0.4 is 5.32 Å². The number of aromatic nitrogens is 2. The van der Waals surface area contributed by atoms with E-state index < -0.39 is 0 Å². The van der Waals surface area contributed by atoms with Crippen LogP contribution in [0.4, 0.5) is 5.82 Å². The van der Waals surface area contributed by atoms with E-state index in [1.807, 2.05) is 0 Å². The van der Waals surface area contributed by atoms with Crippen LogP contribution in [0.15, 0.2) is 10.7 Å². The van der Waals surface area contributed by atoms with Crippen molar-refractivity contribution in [1.82, 2.24) is 9.78 Å². The van der Waals surface area contributed by atoms with Crippen molar-refractivity contribution in [2.75, 3.05) is 5.32 Å². The Morgan fingerprint density at radius 2 is 2.54 bits per heavy atom. The van der Waals surface area contributed by atoms with Crippen molar-refractivity contribution in [2.24, 2.45) is 7.05 Å². The number of aldehydes is 1. The van der Waals surface area contributed by atoms with Crippen LogP contribution in [0.5, 0.6) is 0 Å². The van der Waals surface area contributed by atoms with Gasteiger partial charge < -0.3 is 10.1 Å². The molecule has 1 heterocycles. The lowest BCUT2D eigenvalue weighted by atomic mass is 10.4. The number of carbonyl (C=O) groups excluding carboxylic acids is 2. The monoisotopic (exact) mass is 245 g/mol. The van der Waals surface area contributed by atoms with Crippen LogP contribution in [0.3, 0.4) is 0 Å². The summed E-state index contributed by atoms with van der Waals surface area (Å²) >= 11 is 3.16. The average molecular weight is 246 g/mol. The van der Waals surface area contributed by atoms with Gasteiger partial charge in [0.25, 0.3) is 0 Å². The van der Waals surface area contributed by atoms with E-state index in [-0.39, 0.29) is 12.3 Å². The summed E-state index contributed by atoms with van der Waals surface area (Å²) in [4.78, 5) is 21.0. The summed E-state index contributed by atoms with van der Waals surface area (Å²) in [6, 6.07) is 1.66. The zero-order valence-corrected chi connectivity index (χ0v) is 8.54. The van der Waals surface area contributed by atoms with E-state index in [2.05, 4.69) is 26.3 Å². The molecule has 6 heteroatoms. The van der Waals surface area contributed by atoms with Crippen molar-refractivity contribution in [3.05, 3.63) is 10.7 Å². The summed E-state index contributed by atoms with van der Waals surface area (Å²) in [6.45, 7) is 0. The molecular formula is C7H8BrN3O2. The third kappa shape index (κ3) is 2.66. The zero-order valence-electron chi connectivity index (χ0n) is 6.95. The fraction of sp³-hybridized carbons (Fsp3) is 0.286. The van der Waals surface area contributed by atoms with Gasteiger partial charge in [-0.2, -0.15) is 5.10 Å². The standard InChI is InChI=1S/C7H8BrN3O2/c1-11-6(4-5(8)10-11)9-7(13)2-3-12/h3-4H,2H2,1H3,(H,9,13). The van der Waals surface area contributed by atoms with E-state index >= 15 is 0 Å². The highest BCUT2D eigenvalue weighted by Gasteiger charge is 2.06. The number of hydrogen-bond donors (Lipinski definition) is 1. The number of amides is 1. The second-order valence-electron chi connectivity index (χ2n) is 2.39. The van der Waals surface area contributed by atoms with E-state index in [0.717, 1.165) is 0 Å². The second kappa shape index (κ2) is 4.18.